The van der Waals surface area contributed by atoms with Crippen molar-refractivity contribution in [3.8, 4) is 0 Å². The summed E-state index contributed by atoms with van der Waals surface area (Å²) in [6.45, 7) is 2.63. The predicted molar refractivity (Wildman–Crippen MR) is 69.6 cm³/mol. The molecule has 1 aromatic heterocycles. The molecule has 0 saturated carbocycles. The number of hydrogen-bond acceptors (Lipinski definition) is 2. The molecule has 1 atom stereocenters. The van der Waals surface area contributed by atoms with E-state index in [4.69, 9.17) is 0 Å². The van der Waals surface area contributed by atoms with E-state index in [1.807, 2.05) is 36.0 Å². The van der Waals surface area contributed by atoms with Crippen LogP contribution in [0, 0.1) is 0 Å². The third kappa shape index (κ3) is 6.06. The predicted octanol–water partition coefficient (Wildman–Crippen LogP) is 1.62. The molecule has 1 heterocycles. The number of aromatic nitrogens is 1. The van der Waals surface area contributed by atoms with E-state index in [-0.39, 0.29) is 5.91 Å². The number of carbonyl (C=O) groups is 1. The Bertz CT molecular complexity index is 385. The lowest BCUT2D eigenvalue weighted by Gasteiger charge is -2.01. The van der Waals surface area contributed by atoms with E-state index in [0.29, 0.717) is 18.7 Å². The molecule has 1 N–H and O–H groups in total. The SMILES string of the molecule is CCCS(=O)/C=C/NC(=O)CCn1cccc1. The zero-order chi connectivity index (χ0) is 12.5. The average Bonchev–Trinajstić information content (AvgIpc) is 2.79. The highest BCUT2D eigenvalue weighted by Gasteiger charge is 1.98. The fraction of sp³-hybridized carbons (Fsp3) is 0.417. The van der Waals surface area contributed by atoms with Crippen molar-refractivity contribution in [2.45, 2.75) is 26.3 Å². The van der Waals surface area contributed by atoms with E-state index in [9.17, 15) is 9.00 Å². The minimum Gasteiger partial charge on any atom is -0.354 e. The first-order valence-electron chi connectivity index (χ1n) is 5.66. The van der Waals surface area contributed by atoms with E-state index in [2.05, 4.69) is 5.32 Å². The molecule has 0 aliphatic carbocycles. The Morgan fingerprint density at radius 3 is 2.76 bits per heavy atom. The minimum atomic E-state index is -0.970. The van der Waals surface area contributed by atoms with Crippen molar-refractivity contribution in [3.63, 3.8) is 0 Å². The average molecular weight is 254 g/mol. The molecule has 5 heteroatoms. The molecule has 1 unspecified atom stereocenters. The number of nitrogens with zero attached hydrogens (tertiary/aromatic N) is 1. The molecule has 0 bridgehead atoms. The molecule has 4 nitrogen and oxygen atoms in total. The van der Waals surface area contributed by atoms with Gasteiger partial charge in [0.15, 0.2) is 0 Å². The van der Waals surface area contributed by atoms with Crippen LogP contribution in [-0.2, 0) is 22.1 Å². The van der Waals surface area contributed by atoms with Crippen LogP contribution in [0.2, 0.25) is 0 Å². The molecule has 0 radical (unpaired) electrons. The zero-order valence-electron chi connectivity index (χ0n) is 9.96. The van der Waals surface area contributed by atoms with Crippen molar-refractivity contribution in [1.29, 1.82) is 0 Å². The van der Waals surface area contributed by atoms with Gasteiger partial charge in [-0.15, -0.1) is 0 Å². The van der Waals surface area contributed by atoms with Crippen LogP contribution in [0.25, 0.3) is 0 Å². The topological polar surface area (TPSA) is 51.1 Å². The maximum absolute atomic E-state index is 11.4. The summed E-state index contributed by atoms with van der Waals surface area (Å²) in [5.74, 6) is 0.568. The Balaban J connectivity index is 2.19. The maximum atomic E-state index is 11.4. The third-order valence-electron chi connectivity index (χ3n) is 2.13. The van der Waals surface area contributed by atoms with E-state index in [1.165, 1.54) is 11.6 Å². The second kappa shape index (κ2) is 7.84. The number of hydrogen-bond donors (Lipinski definition) is 1. The lowest BCUT2D eigenvalue weighted by atomic mass is 10.4. The molecule has 1 rings (SSSR count). The molecule has 0 fully saturated rings. The number of carbonyl (C=O) groups excluding carboxylic acids is 1. The molecule has 17 heavy (non-hydrogen) atoms. The van der Waals surface area contributed by atoms with Gasteiger partial charge in [-0.25, -0.2) is 0 Å². The summed E-state index contributed by atoms with van der Waals surface area (Å²) in [7, 11) is -0.970. The molecular formula is C12H18N2O2S. The Hall–Kier alpha value is -1.36. The number of amides is 1. The van der Waals surface area contributed by atoms with Gasteiger partial charge in [0.2, 0.25) is 5.91 Å². The van der Waals surface area contributed by atoms with Crippen LogP contribution < -0.4 is 5.32 Å². The molecule has 0 spiro atoms. The van der Waals surface area contributed by atoms with Crippen molar-refractivity contribution in [3.05, 3.63) is 36.1 Å². The smallest absolute Gasteiger partial charge is 0.225 e. The monoisotopic (exact) mass is 254 g/mol. The first-order valence-corrected chi connectivity index (χ1v) is 7.04. The summed E-state index contributed by atoms with van der Waals surface area (Å²) in [4.78, 5) is 11.4. The minimum absolute atomic E-state index is 0.0663. The number of nitrogens with one attached hydrogen (secondary N) is 1. The van der Waals surface area contributed by atoms with Gasteiger partial charge in [0.25, 0.3) is 0 Å². The van der Waals surface area contributed by atoms with Crippen LogP contribution in [0.15, 0.2) is 36.1 Å². The van der Waals surface area contributed by atoms with Gasteiger partial charge < -0.3 is 9.88 Å². The highest BCUT2D eigenvalue weighted by atomic mass is 32.2. The normalized spacial score (nSPS) is 12.8. The van der Waals surface area contributed by atoms with Gasteiger partial charge in [-0.1, -0.05) is 6.92 Å². The summed E-state index contributed by atoms with van der Waals surface area (Å²) < 4.78 is 13.2. The van der Waals surface area contributed by atoms with Crippen molar-refractivity contribution in [2.24, 2.45) is 0 Å². The molecule has 0 saturated heterocycles. The highest BCUT2D eigenvalue weighted by Crippen LogP contribution is 1.93. The Labute approximate surface area is 104 Å². The lowest BCUT2D eigenvalue weighted by Crippen LogP contribution is -2.18. The Morgan fingerprint density at radius 1 is 1.41 bits per heavy atom. The van der Waals surface area contributed by atoms with Gasteiger partial charge in [-0.2, -0.15) is 0 Å². The van der Waals surface area contributed by atoms with Gasteiger partial charge in [0.1, 0.15) is 0 Å². The van der Waals surface area contributed by atoms with E-state index >= 15 is 0 Å². The quantitative estimate of drug-likeness (QED) is 0.804. The number of rotatable bonds is 7. The standard InChI is InChI=1S/C12H18N2O2S/c1-2-10-17(16)11-6-13-12(15)5-9-14-7-3-4-8-14/h3-4,6-8,11H,2,5,9-10H2,1H3,(H,13,15)/b11-6+. The van der Waals surface area contributed by atoms with Crippen LogP contribution in [-0.4, -0.2) is 20.4 Å². The van der Waals surface area contributed by atoms with Crippen LogP contribution in [0.3, 0.4) is 0 Å². The molecule has 0 aliphatic rings. The van der Waals surface area contributed by atoms with Crippen LogP contribution in [0.1, 0.15) is 19.8 Å². The fourth-order valence-corrected chi connectivity index (χ4v) is 2.05. The largest absolute Gasteiger partial charge is 0.354 e. The van der Waals surface area contributed by atoms with Gasteiger partial charge >= 0.3 is 0 Å². The van der Waals surface area contributed by atoms with Crippen LogP contribution in [0.5, 0.6) is 0 Å². The first kappa shape index (κ1) is 13.7. The van der Waals surface area contributed by atoms with E-state index in [1.54, 1.807) is 0 Å². The summed E-state index contributed by atoms with van der Waals surface area (Å²) in [5, 5.41) is 4.13. The molecule has 94 valence electrons. The van der Waals surface area contributed by atoms with Crippen molar-refractivity contribution < 1.29 is 9.00 Å². The molecule has 1 amide bonds. The Kier molecular flexibility index (Phi) is 6.32. The Morgan fingerprint density at radius 2 is 2.12 bits per heavy atom. The molecular weight excluding hydrogens is 236 g/mol. The summed E-state index contributed by atoms with van der Waals surface area (Å²) in [5.41, 5.74) is 0. The van der Waals surface area contributed by atoms with Gasteiger partial charge in [-0.3, -0.25) is 9.00 Å². The highest BCUT2D eigenvalue weighted by molar-refractivity contribution is 7.87. The number of aryl methyl sites for hydroxylation is 1. The second-order valence-electron chi connectivity index (χ2n) is 3.63. The van der Waals surface area contributed by atoms with Crippen molar-refractivity contribution >= 4 is 16.7 Å². The van der Waals surface area contributed by atoms with Crippen LogP contribution in [0.4, 0.5) is 0 Å². The first-order chi connectivity index (χ1) is 8.22. The maximum Gasteiger partial charge on any atom is 0.225 e. The third-order valence-corrected chi connectivity index (χ3v) is 3.38. The van der Waals surface area contributed by atoms with Gasteiger partial charge in [0.05, 0.1) is 0 Å². The molecule has 0 aliphatic heterocycles. The van der Waals surface area contributed by atoms with E-state index < -0.39 is 10.8 Å². The van der Waals surface area contributed by atoms with Crippen LogP contribution >= 0.6 is 0 Å². The van der Waals surface area contributed by atoms with E-state index in [0.717, 1.165) is 6.42 Å². The summed E-state index contributed by atoms with van der Waals surface area (Å²) in [6, 6.07) is 3.84. The molecule has 0 aromatic carbocycles. The molecule has 1 aromatic rings. The summed E-state index contributed by atoms with van der Waals surface area (Å²) >= 11 is 0. The van der Waals surface area contributed by atoms with Crippen molar-refractivity contribution in [2.75, 3.05) is 5.75 Å². The lowest BCUT2D eigenvalue weighted by molar-refractivity contribution is -0.120. The fourth-order valence-electron chi connectivity index (χ4n) is 1.29. The van der Waals surface area contributed by atoms with Crippen molar-refractivity contribution in [1.82, 2.24) is 9.88 Å². The van der Waals surface area contributed by atoms with Gasteiger partial charge in [-0.05, 0) is 18.6 Å². The summed E-state index contributed by atoms with van der Waals surface area (Å²) in [6.07, 6.45) is 6.60. The zero-order valence-corrected chi connectivity index (χ0v) is 10.8. The second-order valence-corrected chi connectivity index (χ2v) is 5.07. The van der Waals surface area contributed by atoms with Gasteiger partial charge in [0, 0.05) is 53.5 Å².